The molecule has 0 amide bonds. The lowest BCUT2D eigenvalue weighted by Gasteiger charge is -2.12. The Labute approximate surface area is 110 Å². The first kappa shape index (κ1) is 15.0. The summed E-state index contributed by atoms with van der Waals surface area (Å²) in [4.78, 5) is 0.323. The van der Waals surface area contributed by atoms with Crippen LogP contribution < -0.4 is 10.0 Å². The van der Waals surface area contributed by atoms with Gasteiger partial charge in [0.05, 0.1) is 5.69 Å². The van der Waals surface area contributed by atoms with Crippen LogP contribution in [0, 0.1) is 0 Å². The zero-order valence-corrected chi connectivity index (χ0v) is 11.9. The maximum absolute atomic E-state index is 12.0. The van der Waals surface area contributed by atoms with Crippen LogP contribution in [0.5, 0.6) is 0 Å². The van der Waals surface area contributed by atoms with Crippen LogP contribution in [0.2, 0.25) is 0 Å². The van der Waals surface area contributed by atoms with E-state index in [0.717, 1.165) is 25.8 Å². The number of anilines is 1. The summed E-state index contributed by atoms with van der Waals surface area (Å²) in [5, 5.41) is 3.19. The highest BCUT2D eigenvalue weighted by Crippen LogP contribution is 2.20. The fourth-order valence-corrected chi connectivity index (χ4v) is 2.94. The predicted molar refractivity (Wildman–Crippen MR) is 75.3 cm³/mol. The largest absolute Gasteiger partial charge is 0.384 e. The number of unbranched alkanes of at least 4 members (excludes halogenated alkanes) is 2. The number of rotatable bonds is 8. The van der Waals surface area contributed by atoms with E-state index in [2.05, 4.69) is 17.0 Å². The summed E-state index contributed by atoms with van der Waals surface area (Å²) in [5.41, 5.74) is 0.676. The van der Waals surface area contributed by atoms with Gasteiger partial charge in [-0.1, -0.05) is 38.8 Å². The fraction of sp³-hybridized carbons (Fsp3) is 0.538. The lowest BCUT2D eigenvalue weighted by atomic mass is 10.2. The zero-order chi connectivity index (χ0) is 13.4. The molecule has 1 aromatic rings. The Balaban J connectivity index is 2.80. The molecule has 18 heavy (non-hydrogen) atoms. The van der Waals surface area contributed by atoms with E-state index in [0.29, 0.717) is 17.1 Å². The summed E-state index contributed by atoms with van der Waals surface area (Å²) in [6.45, 7) is 5.11. The molecule has 4 nitrogen and oxygen atoms in total. The molecule has 0 unspecified atom stereocenters. The third-order valence-electron chi connectivity index (χ3n) is 2.61. The summed E-state index contributed by atoms with van der Waals surface area (Å²) in [6.07, 6.45) is 3.35. The smallest absolute Gasteiger partial charge is 0.242 e. The molecule has 0 atom stereocenters. The molecule has 0 spiro atoms. The molecule has 0 bridgehead atoms. The monoisotopic (exact) mass is 270 g/mol. The molecule has 0 fully saturated rings. The van der Waals surface area contributed by atoms with E-state index in [-0.39, 0.29) is 0 Å². The second kappa shape index (κ2) is 7.38. The van der Waals surface area contributed by atoms with E-state index in [1.165, 1.54) is 0 Å². The minimum absolute atomic E-state index is 0.323. The first-order chi connectivity index (χ1) is 8.61. The van der Waals surface area contributed by atoms with Gasteiger partial charge in [-0.15, -0.1) is 0 Å². The van der Waals surface area contributed by atoms with Gasteiger partial charge in [-0.05, 0) is 18.6 Å². The summed E-state index contributed by atoms with van der Waals surface area (Å²) in [6, 6.07) is 7.00. The van der Waals surface area contributed by atoms with E-state index in [1.807, 2.05) is 6.07 Å². The van der Waals surface area contributed by atoms with E-state index in [4.69, 9.17) is 0 Å². The Morgan fingerprint density at radius 1 is 1.11 bits per heavy atom. The van der Waals surface area contributed by atoms with Crippen molar-refractivity contribution in [2.75, 3.05) is 18.4 Å². The summed E-state index contributed by atoms with van der Waals surface area (Å²) >= 11 is 0. The quantitative estimate of drug-likeness (QED) is 0.714. The van der Waals surface area contributed by atoms with Gasteiger partial charge in [0, 0.05) is 13.1 Å². The SMILES string of the molecule is CCCCCNc1ccccc1S(=O)(=O)NCC. The van der Waals surface area contributed by atoms with E-state index in [1.54, 1.807) is 25.1 Å². The first-order valence-electron chi connectivity index (χ1n) is 6.44. The highest BCUT2D eigenvalue weighted by Gasteiger charge is 2.16. The molecule has 0 aliphatic rings. The second-order valence-electron chi connectivity index (χ2n) is 4.13. The number of sulfonamides is 1. The molecule has 0 radical (unpaired) electrons. The third-order valence-corrected chi connectivity index (χ3v) is 4.21. The molecule has 1 rings (SSSR count). The lowest BCUT2D eigenvalue weighted by Crippen LogP contribution is -2.24. The Morgan fingerprint density at radius 3 is 2.50 bits per heavy atom. The minimum atomic E-state index is -3.40. The number of nitrogens with one attached hydrogen (secondary N) is 2. The van der Waals surface area contributed by atoms with Crippen LogP contribution in [0.15, 0.2) is 29.2 Å². The van der Waals surface area contributed by atoms with Crippen molar-refractivity contribution in [3.63, 3.8) is 0 Å². The van der Waals surface area contributed by atoms with Crippen LogP contribution in [0.4, 0.5) is 5.69 Å². The molecule has 1 aromatic carbocycles. The van der Waals surface area contributed by atoms with Crippen LogP contribution in [-0.4, -0.2) is 21.5 Å². The van der Waals surface area contributed by atoms with Gasteiger partial charge in [0.25, 0.3) is 0 Å². The molecule has 0 heterocycles. The van der Waals surface area contributed by atoms with Crippen LogP contribution in [0.25, 0.3) is 0 Å². The van der Waals surface area contributed by atoms with Crippen molar-refractivity contribution in [3.8, 4) is 0 Å². The normalized spacial score (nSPS) is 11.4. The van der Waals surface area contributed by atoms with Gasteiger partial charge in [-0.2, -0.15) is 0 Å². The molecule has 102 valence electrons. The predicted octanol–water partition coefficient (Wildman–Crippen LogP) is 2.59. The first-order valence-corrected chi connectivity index (χ1v) is 7.92. The average Bonchev–Trinajstić information content (AvgIpc) is 2.35. The highest BCUT2D eigenvalue weighted by molar-refractivity contribution is 7.89. The Bertz CT molecular complexity index is 458. The maximum Gasteiger partial charge on any atom is 0.242 e. The van der Waals surface area contributed by atoms with Gasteiger partial charge in [-0.25, -0.2) is 13.1 Å². The molecular weight excluding hydrogens is 248 g/mol. The fourth-order valence-electron chi connectivity index (χ4n) is 1.71. The van der Waals surface area contributed by atoms with E-state index < -0.39 is 10.0 Å². The topological polar surface area (TPSA) is 58.2 Å². The second-order valence-corrected chi connectivity index (χ2v) is 5.87. The van der Waals surface area contributed by atoms with Crippen molar-refractivity contribution in [2.45, 2.75) is 38.0 Å². The standard InChI is InChI=1S/C13H22N2O2S/c1-3-5-8-11-14-12-9-6-7-10-13(12)18(16,17)15-4-2/h6-7,9-10,14-15H,3-5,8,11H2,1-2H3. The van der Waals surface area contributed by atoms with Crippen LogP contribution in [0.1, 0.15) is 33.1 Å². The van der Waals surface area contributed by atoms with Crippen LogP contribution in [0.3, 0.4) is 0 Å². The van der Waals surface area contributed by atoms with E-state index >= 15 is 0 Å². The minimum Gasteiger partial charge on any atom is -0.384 e. The van der Waals surface area contributed by atoms with Gasteiger partial charge in [0.1, 0.15) is 4.90 Å². The van der Waals surface area contributed by atoms with Crippen molar-refractivity contribution in [1.82, 2.24) is 4.72 Å². The average molecular weight is 270 g/mol. The highest BCUT2D eigenvalue weighted by atomic mass is 32.2. The Hall–Kier alpha value is -1.07. The van der Waals surface area contributed by atoms with Crippen molar-refractivity contribution in [2.24, 2.45) is 0 Å². The molecule has 0 saturated heterocycles. The van der Waals surface area contributed by atoms with Gasteiger partial charge < -0.3 is 5.32 Å². The molecule has 0 aromatic heterocycles. The summed E-state index contributed by atoms with van der Waals surface area (Å²) < 4.78 is 26.5. The maximum atomic E-state index is 12.0. The number of benzene rings is 1. The molecule has 0 aliphatic carbocycles. The van der Waals surface area contributed by atoms with Gasteiger partial charge >= 0.3 is 0 Å². The van der Waals surface area contributed by atoms with E-state index in [9.17, 15) is 8.42 Å². The van der Waals surface area contributed by atoms with Gasteiger partial charge in [0.15, 0.2) is 0 Å². The number of para-hydroxylation sites is 1. The van der Waals surface area contributed by atoms with Crippen LogP contribution >= 0.6 is 0 Å². The van der Waals surface area contributed by atoms with Crippen molar-refractivity contribution < 1.29 is 8.42 Å². The third kappa shape index (κ3) is 4.31. The molecule has 5 heteroatoms. The zero-order valence-electron chi connectivity index (χ0n) is 11.1. The molecule has 0 saturated carbocycles. The molecule has 0 aliphatic heterocycles. The van der Waals surface area contributed by atoms with Crippen molar-refractivity contribution in [1.29, 1.82) is 0 Å². The van der Waals surface area contributed by atoms with Crippen molar-refractivity contribution >= 4 is 15.7 Å². The Kier molecular flexibility index (Phi) is 6.15. The van der Waals surface area contributed by atoms with Gasteiger partial charge in [-0.3, -0.25) is 0 Å². The lowest BCUT2D eigenvalue weighted by molar-refractivity contribution is 0.584. The number of hydrogen-bond donors (Lipinski definition) is 2. The van der Waals surface area contributed by atoms with Crippen LogP contribution in [-0.2, 0) is 10.0 Å². The Morgan fingerprint density at radius 2 is 1.83 bits per heavy atom. The summed E-state index contributed by atoms with van der Waals surface area (Å²) in [7, 11) is -3.40. The van der Waals surface area contributed by atoms with Gasteiger partial charge in [0.2, 0.25) is 10.0 Å². The molecule has 2 N–H and O–H groups in total. The summed E-state index contributed by atoms with van der Waals surface area (Å²) in [5.74, 6) is 0. The molecular formula is C13H22N2O2S. The van der Waals surface area contributed by atoms with Crippen molar-refractivity contribution in [3.05, 3.63) is 24.3 Å². The number of hydrogen-bond acceptors (Lipinski definition) is 3.